The summed E-state index contributed by atoms with van der Waals surface area (Å²) in [5.41, 5.74) is 1.08. The van der Waals surface area contributed by atoms with Crippen molar-refractivity contribution in [1.82, 2.24) is 9.80 Å². The van der Waals surface area contributed by atoms with Gasteiger partial charge in [-0.1, -0.05) is 19.9 Å². The van der Waals surface area contributed by atoms with Crippen molar-refractivity contribution in [3.8, 4) is 5.75 Å². The fourth-order valence-corrected chi connectivity index (χ4v) is 4.39. The minimum Gasteiger partial charge on any atom is -0.491 e. The lowest BCUT2D eigenvalue weighted by Gasteiger charge is -2.35. The highest BCUT2D eigenvalue weighted by Crippen LogP contribution is 2.26. The number of urea groups is 1. The number of carbonyl (C=O) groups is 2. The number of rotatable bonds is 5. The number of hydrogen-bond acceptors (Lipinski definition) is 5. The van der Waals surface area contributed by atoms with Crippen molar-refractivity contribution in [2.24, 2.45) is 5.92 Å². The topological polar surface area (TPSA) is 83.1 Å². The molecule has 1 heterocycles. The molecule has 0 aromatic heterocycles. The van der Waals surface area contributed by atoms with E-state index in [4.69, 9.17) is 9.47 Å². The van der Waals surface area contributed by atoms with Gasteiger partial charge in [0, 0.05) is 44.7 Å². The third-order valence-electron chi connectivity index (χ3n) is 6.42. The van der Waals surface area contributed by atoms with Crippen LogP contribution in [0, 0.1) is 11.7 Å². The monoisotopic (exact) mass is 500 g/mol. The van der Waals surface area contributed by atoms with Crippen LogP contribution >= 0.6 is 0 Å². The van der Waals surface area contributed by atoms with E-state index < -0.39 is 11.8 Å². The number of nitrogens with zero attached hydrogens (tertiary/aromatic N) is 2. The maximum absolute atomic E-state index is 13.4. The normalized spacial score (nSPS) is 21.6. The van der Waals surface area contributed by atoms with Gasteiger partial charge in [0.25, 0.3) is 5.91 Å². The van der Waals surface area contributed by atoms with Crippen molar-refractivity contribution in [2.45, 2.75) is 39.3 Å². The summed E-state index contributed by atoms with van der Waals surface area (Å²) in [6, 6.07) is 10.2. The highest BCUT2D eigenvalue weighted by molar-refractivity contribution is 6.02. The zero-order chi connectivity index (χ0) is 26.2. The number of likely N-dealkylation sites (N-methyl/N-ethyl adjacent to an activating group) is 1. The molecular weight excluding hydrogens is 463 g/mol. The summed E-state index contributed by atoms with van der Waals surface area (Å²) in [5, 5.41) is 5.30. The first kappa shape index (κ1) is 27.4. The van der Waals surface area contributed by atoms with Crippen LogP contribution in [0.1, 0.15) is 37.6 Å². The second-order valence-electron chi connectivity index (χ2n) is 9.39. The van der Waals surface area contributed by atoms with Crippen LogP contribution in [-0.4, -0.2) is 74.3 Å². The van der Waals surface area contributed by atoms with Crippen LogP contribution in [-0.2, 0) is 4.74 Å². The number of hydrogen-bond donors (Lipinski definition) is 2. The van der Waals surface area contributed by atoms with Gasteiger partial charge < -0.3 is 25.0 Å². The summed E-state index contributed by atoms with van der Waals surface area (Å²) in [5.74, 6) is -0.0210. The minimum atomic E-state index is -0.549. The van der Waals surface area contributed by atoms with E-state index in [-0.39, 0.29) is 24.0 Å². The molecule has 0 fully saturated rings. The van der Waals surface area contributed by atoms with Gasteiger partial charge in [0.05, 0.1) is 11.7 Å². The molecule has 2 aromatic carbocycles. The molecule has 0 bridgehead atoms. The molecule has 8 nitrogen and oxygen atoms in total. The maximum Gasteiger partial charge on any atom is 0.323 e. The van der Waals surface area contributed by atoms with E-state index in [1.165, 1.54) is 18.2 Å². The summed E-state index contributed by atoms with van der Waals surface area (Å²) in [4.78, 5) is 29.9. The molecule has 0 radical (unpaired) electrons. The number of ether oxygens (including phenoxy) is 2. The fraction of sp³-hybridized carbons (Fsp3) is 0.481. The number of fused-ring (bicyclic) bond motifs is 1. The molecule has 196 valence electrons. The van der Waals surface area contributed by atoms with E-state index in [2.05, 4.69) is 36.3 Å². The smallest absolute Gasteiger partial charge is 0.323 e. The highest BCUT2D eigenvalue weighted by Gasteiger charge is 2.28. The Morgan fingerprint density at radius 3 is 2.53 bits per heavy atom. The Labute approximate surface area is 212 Å². The predicted molar refractivity (Wildman–Crippen MR) is 139 cm³/mol. The van der Waals surface area contributed by atoms with Gasteiger partial charge in [0.1, 0.15) is 18.2 Å². The number of anilines is 2. The van der Waals surface area contributed by atoms with E-state index in [9.17, 15) is 14.0 Å². The first-order chi connectivity index (χ1) is 17.2. The molecule has 9 heteroatoms. The molecule has 2 N–H and O–H groups in total. The molecule has 36 heavy (non-hydrogen) atoms. The third kappa shape index (κ3) is 7.18. The molecule has 3 rings (SSSR count). The highest BCUT2D eigenvalue weighted by atomic mass is 19.1. The standard InChI is InChI=1S/C27H37FN4O4/c1-6-12-32-15-18(2)25(35-5)16-31(4)26(33)23-14-22(10-11-24(23)36-17-19(32)3)30-27(34)29-21-9-7-8-20(28)13-21/h7-11,13-14,18-19,25H,6,12,15-17H2,1-5H3,(H2,29,30,34)/t18-,19-,25+/m1/s1. The summed E-state index contributed by atoms with van der Waals surface area (Å²) in [6.45, 7) is 9.04. The number of methoxy groups -OCH3 is 1. The molecule has 0 saturated carbocycles. The molecule has 1 aliphatic rings. The molecule has 3 atom stereocenters. The molecule has 0 aliphatic carbocycles. The van der Waals surface area contributed by atoms with Gasteiger partial charge in [-0.05, 0) is 62.2 Å². The zero-order valence-corrected chi connectivity index (χ0v) is 21.7. The number of halogens is 1. The van der Waals surface area contributed by atoms with E-state index in [1.54, 1.807) is 43.3 Å². The van der Waals surface area contributed by atoms with Crippen LogP contribution < -0.4 is 15.4 Å². The second-order valence-corrected chi connectivity index (χ2v) is 9.39. The van der Waals surface area contributed by atoms with Crippen molar-refractivity contribution >= 4 is 23.3 Å². The Morgan fingerprint density at radius 1 is 1.14 bits per heavy atom. The summed E-state index contributed by atoms with van der Waals surface area (Å²) < 4.78 is 25.3. The lowest BCUT2D eigenvalue weighted by atomic mass is 10.0. The summed E-state index contributed by atoms with van der Waals surface area (Å²) in [6.07, 6.45) is 0.892. The van der Waals surface area contributed by atoms with Crippen LogP contribution in [0.15, 0.2) is 42.5 Å². The van der Waals surface area contributed by atoms with Gasteiger partial charge in [0.15, 0.2) is 0 Å². The van der Waals surface area contributed by atoms with Crippen LogP contribution in [0.5, 0.6) is 5.75 Å². The summed E-state index contributed by atoms with van der Waals surface area (Å²) >= 11 is 0. The van der Waals surface area contributed by atoms with E-state index in [1.807, 2.05) is 0 Å². The number of benzene rings is 2. The molecule has 0 unspecified atom stereocenters. The second kappa shape index (κ2) is 12.7. The van der Waals surface area contributed by atoms with Crippen molar-refractivity contribution in [1.29, 1.82) is 0 Å². The van der Waals surface area contributed by atoms with Gasteiger partial charge in [-0.25, -0.2) is 9.18 Å². The Balaban J connectivity index is 1.86. The Kier molecular flexibility index (Phi) is 9.66. The third-order valence-corrected chi connectivity index (χ3v) is 6.42. The lowest BCUT2D eigenvalue weighted by molar-refractivity contribution is 0.0108. The van der Waals surface area contributed by atoms with Crippen LogP contribution in [0.3, 0.4) is 0 Å². The number of carbonyl (C=O) groups excluding carboxylic acids is 2. The fourth-order valence-electron chi connectivity index (χ4n) is 4.39. The van der Waals surface area contributed by atoms with Crippen LogP contribution in [0.25, 0.3) is 0 Å². The van der Waals surface area contributed by atoms with E-state index in [0.717, 1.165) is 19.5 Å². The van der Waals surface area contributed by atoms with Crippen molar-refractivity contribution in [3.63, 3.8) is 0 Å². The van der Waals surface area contributed by atoms with E-state index in [0.29, 0.717) is 35.8 Å². The average Bonchev–Trinajstić information content (AvgIpc) is 2.84. The molecule has 3 amide bonds. The van der Waals surface area contributed by atoms with Crippen LogP contribution in [0.2, 0.25) is 0 Å². The van der Waals surface area contributed by atoms with E-state index >= 15 is 0 Å². The maximum atomic E-state index is 13.4. The predicted octanol–water partition coefficient (Wildman–Crippen LogP) is 4.69. The number of amides is 3. The largest absolute Gasteiger partial charge is 0.491 e. The molecule has 1 aliphatic heterocycles. The van der Waals surface area contributed by atoms with Gasteiger partial charge in [-0.15, -0.1) is 0 Å². The van der Waals surface area contributed by atoms with Crippen molar-refractivity contribution < 1.29 is 23.5 Å². The molecular formula is C27H37FN4O4. The van der Waals surface area contributed by atoms with Gasteiger partial charge in [-0.3, -0.25) is 9.69 Å². The zero-order valence-electron chi connectivity index (χ0n) is 21.7. The minimum absolute atomic E-state index is 0.132. The molecule has 2 aromatic rings. The lowest BCUT2D eigenvalue weighted by Crippen LogP contribution is -2.46. The van der Waals surface area contributed by atoms with Gasteiger partial charge in [-0.2, -0.15) is 0 Å². The van der Waals surface area contributed by atoms with Gasteiger partial charge in [0.2, 0.25) is 0 Å². The van der Waals surface area contributed by atoms with Gasteiger partial charge >= 0.3 is 6.03 Å². The SMILES string of the molecule is CCCN1C[C@@H](C)[C@@H](OC)CN(C)C(=O)c2cc(NC(=O)Nc3cccc(F)c3)ccc2OC[C@H]1C. The van der Waals surface area contributed by atoms with Crippen LogP contribution in [0.4, 0.5) is 20.6 Å². The molecule has 0 spiro atoms. The van der Waals surface area contributed by atoms with Crippen molar-refractivity contribution in [3.05, 3.63) is 53.8 Å². The Morgan fingerprint density at radius 2 is 1.86 bits per heavy atom. The Bertz CT molecular complexity index is 1050. The summed E-state index contributed by atoms with van der Waals surface area (Å²) in [7, 11) is 3.41. The quantitative estimate of drug-likeness (QED) is 0.623. The first-order valence-electron chi connectivity index (χ1n) is 12.3. The molecule has 0 saturated heterocycles. The first-order valence-corrected chi connectivity index (χ1v) is 12.3. The average molecular weight is 501 g/mol. The van der Waals surface area contributed by atoms with Crippen molar-refractivity contribution in [2.75, 3.05) is 51.0 Å². The number of nitrogens with one attached hydrogen (secondary N) is 2. The Hall–Kier alpha value is -3.17.